The number of fused-ring (bicyclic) bond motifs is 1. The van der Waals surface area contributed by atoms with Gasteiger partial charge in [0, 0.05) is 17.5 Å². The summed E-state index contributed by atoms with van der Waals surface area (Å²) in [5.74, 6) is -0.906. The third-order valence-corrected chi connectivity index (χ3v) is 5.08. The van der Waals surface area contributed by atoms with Gasteiger partial charge in [0.1, 0.15) is 0 Å². The number of benzene rings is 2. The largest absolute Gasteiger partial charge is 0.377 e. The number of carbonyl (C=O) groups excluding carboxylic acids is 2. The summed E-state index contributed by atoms with van der Waals surface area (Å²) in [6, 6.07) is 13.4. The average Bonchev–Trinajstić information content (AvgIpc) is 3.06. The number of imide groups is 1. The fraction of sp³-hybridized carbons (Fsp3) is 0.227. The van der Waals surface area contributed by atoms with E-state index in [-0.39, 0.29) is 10.6 Å². The summed E-state index contributed by atoms with van der Waals surface area (Å²) in [5.41, 5.74) is 2.29. The van der Waals surface area contributed by atoms with Gasteiger partial charge in [-0.1, -0.05) is 41.4 Å². The molecule has 1 saturated heterocycles. The molecule has 0 atom stereocenters. The van der Waals surface area contributed by atoms with Crippen LogP contribution in [0.25, 0.3) is 10.6 Å². The first kappa shape index (κ1) is 22.0. The molecule has 0 spiro atoms. The summed E-state index contributed by atoms with van der Waals surface area (Å²) in [5, 5.41) is 9.51. The lowest BCUT2D eigenvalue weighted by atomic mass is 10.0. The summed E-state index contributed by atoms with van der Waals surface area (Å²) in [4.78, 5) is 25.7. The molecule has 8 heteroatoms. The maximum absolute atomic E-state index is 12.7. The van der Waals surface area contributed by atoms with E-state index in [0.29, 0.717) is 27.4 Å². The third-order valence-electron chi connectivity index (χ3n) is 4.43. The van der Waals surface area contributed by atoms with E-state index in [9.17, 15) is 9.59 Å². The van der Waals surface area contributed by atoms with Gasteiger partial charge in [-0.15, -0.1) is 0 Å². The van der Waals surface area contributed by atoms with Gasteiger partial charge in [-0.25, -0.2) is 4.90 Å². The molecular weight excluding hydrogens is 427 g/mol. The van der Waals surface area contributed by atoms with Gasteiger partial charge in [-0.05, 0) is 29.8 Å². The van der Waals surface area contributed by atoms with Crippen LogP contribution >= 0.6 is 23.2 Å². The normalized spacial score (nSPS) is 16.9. The first-order chi connectivity index (χ1) is 14.4. The van der Waals surface area contributed by atoms with Gasteiger partial charge in [-0.2, -0.15) is 5.26 Å². The minimum Gasteiger partial charge on any atom is -0.377 e. The van der Waals surface area contributed by atoms with Crippen molar-refractivity contribution in [3.05, 3.63) is 64.2 Å². The van der Waals surface area contributed by atoms with Gasteiger partial charge >= 0.3 is 0 Å². The van der Waals surface area contributed by atoms with E-state index in [1.165, 1.54) is 6.92 Å². The predicted molar refractivity (Wildman–Crippen MR) is 115 cm³/mol. The molecule has 6 nitrogen and oxygen atoms in total. The van der Waals surface area contributed by atoms with Crippen LogP contribution in [0, 0.1) is 11.3 Å². The quantitative estimate of drug-likeness (QED) is 0.614. The second kappa shape index (κ2) is 9.88. The molecule has 0 N–H and O–H groups in total. The molecule has 2 aliphatic rings. The van der Waals surface area contributed by atoms with E-state index < -0.39 is 11.8 Å². The number of nitriles is 1. The van der Waals surface area contributed by atoms with Crippen LogP contribution in [0.1, 0.15) is 23.6 Å². The first-order valence-electron chi connectivity index (χ1n) is 9.14. The predicted octanol–water partition coefficient (Wildman–Crippen LogP) is 4.25. The first-order valence-corrected chi connectivity index (χ1v) is 9.90. The lowest BCUT2D eigenvalue weighted by Crippen LogP contribution is -2.31. The van der Waals surface area contributed by atoms with Crippen molar-refractivity contribution in [1.29, 1.82) is 5.26 Å². The molecule has 4 rings (SSSR count). The Morgan fingerprint density at radius 2 is 1.67 bits per heavy atom. The minimum atomic E-state index is -0.492. The van der Waals surface area contributed by atoms with E-state index in [1.807, 2.05) is 6.07 Å². The molecule has 154 valence electrons. The Hall–Kier alpha value is -2.69. The molecule has 0 unspecified atom stereocenters. The number of rotatable bonds is 1. The van der Waals surface area contributed by atoms with Crippen LogP contribution in [0.3, 0.4) is 0 Å². The lowest BCUT2D eigenvalue weighted by Gasteiger charge is -2.12. The van der Waals surface area contributed by atoms with E-state index in [0.717, 1.165) is 31.3 Å². The van der Waals surface area contributed by atoms with Crippen LogP contribution in [0.4, 0.5) is 5.69 Å². The maximum Gasteiger partial charge on any atom is 0.267 e. The molecule has 2 aliphatic heterocycles. The second-order valence-electron chi connectivity index (χ2n) is 6.42. The summed E-state index contributed by atoms with van der Waals surface area (Å²) in [7, 11) is 0. The lowest BCUT2D eigenvalue weighted by molar-refractivity contribution is -0.122. The Kier molecular flexibility index (Phi) is 7.24. The number of amides is 2. The number of hydrogen-bond donors (Lipinski definition) is 0. The molecule has 1 fully saturated rings. The van der Waals surface area contributed by atoms with Gasteiger partial charge in [0.25, 0.3) is 5.91 Å². The Morgan fingerprint density at radius 1 is 1.07 bits per heavy atom. The fourth-order valence-electron chi connectivity index (χ4n) is 3.04. The van der Waals surface area contributed by atoms with Crippen LogP contribution < -0.4 is 4.90 Å². The van der Waals surface area contributed by atoms with Gasteiger partial charge in [-0.3, -0.25) is 9.59 Å². The zero-order valence-corrected chi connectivity index (χ0v) is 17.7. The topological polar surface area (TPSA) is 79.6 Å². The average molecular weight is 445 g/mol. The standard InChI is InChI=1S/C18H10Cl2N2O2.C4H8O2/c1-10(23)22-15-8-13(19)6-7-14(15)16(18(22)24)17(20)12-4-2-11(9-21)3-5-12;1-2-6-4-3-5-1/h2-8H,1H3;1-4H2. The molecule has 0 aliphatic carbocycles. The monoisotopic (exact) mass is 444 g/mol. The van der Waals surface area contributed by atoms with Crippen molar-refractivity contribution in [3.8, 4) is 6.07 Å². The highest BCUT2D eigenvalue weighted by Crippen LogP contribution is 2.43. The van der Waals surface area contributed by atoms with Crippen LogP contribution in [-0.2, 0) is 19.1 Å². The molecule has 0 aromatic heterocycles. The molecule has 0 bridgehead atoms. The summed E-state index contributed by atoms with van der Waals surface area (Å²) < 4.78 is 9.89. The zero-order chi connectivity index (χ0) is 21.7. The zero-order valence-electron chi connectivity index (χ0n) is 16.2. The Labute approximate surface area is 184 Å². The molecule has 2 amide bonds. The Bertz CT molecular complexity index is 1030. The Balaban J connectivity index is 0.000000367. The third kappa shape index (κ3) is 4.72. The molecule has 0 radical (unpaired) electrons. The van der Waals surface area contributed by atoms with Crippen LogP contribution in [0.2, 0.25) is 5.02 Å². The van der Waals surface area contributed by atoms with Crippen LogP contribution in [-0.4, -0.2) is 38.2 Å². The van der Waals surface area contributed by atoms with Crippen molar-refractivity contribution in [2.24, 2.45) is 0 Å². The number of halogens is 2. The highest BCUT2D eigenvalue weighted by molar-refractivity contribution is 6.60. The van der Waals surface area contributed by atoms with Crippen molar-refractivity contribution in [3.63, 3.8) is 0 Å². The van der Waals surface area contributed by atoms with Gasteiger partial charge < -0.3 is 9.47 Å². The maximum atomic E-state index is 12.7. The van der Waals surface area contributed by atoms with E-state index >= 15 is 0 Å². The van der Waals surface area contributed by atoms with Gasteiger partial charge in [0.05, 0.1) is 54.4 Å². The van der Waals surface area contributed by atoms with E-state index in [1.54, 1.807) is 42.5 Å². The Morgan fingerprint density at radius 3 is 2.17 bits per heavy atom. The second-order valence-corrected chi connectivity index (χ2v) is 7.24. The van der Waals surface area contributed by atoms with E-state index in [4.69, 9.17) is 37.9 Å². The number of carbonyl (C=O) groups is 2. The van der Waals surface area contributed by atoms with Crippen molar-refractivity contribution in [1.82, 2.24) is 0 Å². The number of ether oxygens (including phenoxy) is 2. The molecule has 2 aromatic rings. The highest BCUT2D eigenvalue weighted by atomic mass is 35.5. The fourth-order valence-corrected chi connectivity index (χ4v) is 3.51. The molecular formula is C22H18Cl2N2O4. The molecule has 30 heavy (non-hydrogen) atoms. The summed E-state index contributed by atoms with van der Waals surface area (Å²) >= 11 is 12.4. The summed E-state index contributed by atoms with van der Waals surface area (Å²) in [6.45, 7) is 4.42. The van der Waals surface area contributed by atoms with Crippen LogP contribution in [0.5, 0.6) is 0 Å². The van der Waals surface area contributed by atoms with E-state index in [2.05, 4.69) is 0 Å². The van der Waals surface area contributed by atoms with Crippen molar-refractivity contribution in [2.75, 3.05) is 31.3 Å². The van der Waals surface area contributed by atoms with Crippen molar-refractivity contribution in [2.45, 2.75) is 6.92 Å². The highest BCUT2D eigenvalue weighted by Gasteiger charge is 2.37. The van der Waals surface area contributed by atoms with Crippen molar-refractivity contribution < 1.29 is 19.1 Å². The van der Waals surface area contributed by atoms with Gasteiger partial charge in [0.15, 0.2) is 0 Å². The number of nitrogens with zero attached hydrogens (tertiary/aromatic N) is 2. The molecule has 2 heterocycles. The van der Waals surface area contributed by atoms with Crippen LogP contribution in [0.15, 0.2) is 42.5 Å². The minimum absolute atomic E-state index is 0.219. The van der Waals surface area contributed by atoms with Crippen molar-refractivity contribution >= 4 is 51.3 Å². The molecule has 2 aromatic carbocycles. The number of hydrogen-bond acceptors (Lipinski definition) is 5. The smallest absolute Gasteiger partial charge is 0.267 e. The van der Waals surface area contributed by atoms with Gasteiger partial charge in [0.2, 0.25) is 5.91 Å². The summed E-state index contributed by atoms with van der Waals surface area (Å²) in [6.07, 6.45) is 0. The molecule has 0 saturated carbocycles. The SMILES string of the molecule is C1COCCO1.CC(=O)N1C(=O)C(=C(Cl)c2ccc(C#N)cc2)c2ccc(Cl)cc21. The number of anilines is 1.